The topological polar surface area (TPSA) is 46.2 Å². The van der Waals surface area contributed by atoms with Gasteiger partial charge in [-0.25, -0.2) is 8.78 Å². The van der Waals surface area contributed by atoms with Crippen molar-refractivity contribution < 1.29 is 13.9 Å². The zero-order valence-corrected chi connectivity index (χ0v) is 8.09. The Labute approximate surface area is 81.4 Å². The quantitative estimate of drug-likeness (QED) is 0.712. The van der Waals surface area contributed by atoms with Crippen LogP contribution >= 0.6 is 0 Å². The van der Waals surface area contributed by atoms with Crippen molar-refractivity contribution in [1.29, 1.82) is 0 Å². The third kappa shape index (κ3) is 1.76. The molecule has 1 rings (SSSR count). The van der Waals surface area contributed by atoms with Gasteiger partial charge < -0.3 is 10.8 Å². The van der Waals surface area contributed by atoms with Crippen LogP contribution in [0, 0.1) is 11.6 Å². The molecule has 0 aliphatic carbocycles. The first-order valence-electron chi connectivity index (χ1n) is 4.25. The molecule has 14 heavy (non-hydrogen) atoms. The number of hydrogen-bond acceptors (Lipinski definition) is 2. The molecule has 0 aliphatic rings. The van der Waals surface area contributed by atoms with Gasteiger partial charge in [0.25, 0.3) is 0 Å². The van der Waals surface area contributed by atoms with Gasteiger partial charge in [0.05, 0.1) is 0 Å². The highest BCUT2D eigenvalue weighted by Gasteiger charge is 2.30. The van der Waals surface area contributed by atoms with Crippen molar-refractivity contribution in [1.82, 2.24) is 0 Å². The van der Waals surface area contributed by atoms with Gasteiger partial charge in [0.1, 0.15) is 6.23 Å². The molecule has 3 N–H and O–H groups in total. The maximum Gasteiger partial charge on any atom is 0.162 e. The lowest BCUT2D eigenvalue weighted by Crippen LogP contribution is -2.41. The monoisotopic (exact) mass is 201 g/mol. The van der Waals surface area contributed by atoms with Crippen LogP contribution in [0.15, 0.2) is 18.2 Å². The highest BCUT2D eigenvalue weighted by Crippen LogP contribution is 2.28. The molecule has 0 bridgehead atoms. The average molecular weight is 201 g/mol. The molecule has 4 heteroatoms. The van der Waals surface area contributed by atoms with Crippen molar-refractivity contribution >= 4 is 0 Å². The first kappa shape index (κ1) is 11.1. The van der Waals surface area contributed by atoms with Crippen LogP contribution in [0.25, 0.3) is 0 Å². The fourth-order valence-electron chi connectivity index (χ4n) is 1.16. The predicted octanol–water partition coefficient (Wildman–Crippen LogP) is 1.52. The maximum atomic E-state index is 13.3. The summed E-state index contributed by atoms with van der Waals surface area (Å²) in [6.45, 7) is 3.10. The molecule has 0 amide bonds. The summed E-state index contributed by atoms with van der Waals surface area (Å²) in [6, 6.07) is 3.82. The van der Waals surface area contributed by atoms with Crippen LogP contribution in [0.1, 0.15) is 19.4 Å². The van der Waals surface area contributed by atoms with Gasteiger partial charge in [-0.1, -0.05) is 26.0 Å². The summed E-state index contributed by atoms with van der Waals surface area (Å²) in [5, 5.41) is 9.24. The van der Waals surface area contributed by atoms with Gasteiger partial charge in [-0.15, -0.1) is 0 Å². The molecular formula is C10H13F2NO. The van der Waals surface area contributed by atoms with E-state index in [1.165, 1.54) is 12.1 Å². The fourth-order valence-corrected chi connectivity index (χ4v) is 1.16. The lowest BCUT2D eigenvalue weighted by Gasteiger charge is -2.28. The van der Waals surface area contributed by atoms with Crippen molar-refractivity contribution in [2.75, 3.05) is 0 Å². The van der Waals surface area contributed by atoms with Gasteiger partial charge in [0, 0.05) is 11.0 Å². The standard InChI is InChI=1S/C10H13F2NO/c1-10(2,9(13)14)6-4-3-5-7(11)8(6)12/h3-5,9,14H,13H2,1-2H3. The minimum atomic E-state index is -1.24. The number of aliphatic hydroxyl groups excluding tert-OH is 1. The molecule has 0 aliphatic heterocycles. The average Bonchev–Trinajstić information content (AvgIpc) is 2.09. The van der Waals surface area contributed by atoms with E-state index in [9.17, 15) is 13.9 Å². The number of hydrogen-bond donors (Lipinski definition) is 2. The molecule has 1 aromatic rings. The van der Waals surface area contributed by atoms with Gasteiger partial charge in [-0.05, 0) is 6.07 Å². The van der Waals surface area contributed by atoms with Crippen LogP contribution in [-0.2, 0) is 5.41 Å². The Kier molecular flexibility index (Phi) is 2.87. The summed E-state index contributed by atoms with van der Waals surface area (Å²) in [5.74, 6) is -1.89. The Morgan fingerprint density at radius 1 is 1.36 bits per heavy atom. The largest absolute Gasteiger partial charge is 0.378 e. The fraction of sp³-hybridized carbons (Fsp3) is 0.400. The van der Waals surface area contributed by atoms with E-state index >= 15 is 0 Å². The number of aliphatic hydroxyl groups is 1. The second kappa shape index (κ2) is 3.63. The van der Waals surface area contributed by atoms with E-state index in [4.69, 9.17) is 5.73 Å². The molecule has 1 atom stereocenters. The van der Waals surface area contributed by atoms with Crippen LogP contribution in [0.3, 0.4) is 0 Å². The number of benzene rings is 1. The summed E-state index contributed by atoms with van der Waals surface area (Å²) >= 11 is 0. The van der Waals surface area contributed by atoms with Crippen molar-refractivity contribution in [3.8, 4) is 0 Å². The molecule has 0 spiro atoms. The summed E-state index contributed by atoms with van der Waals surface area (Å²) in [7, 11) is 0. The third-order valence-corrected chi connectivity index (χ3v) is 2.39. The van der Waals surface area contributed by atoms with Crippen LogP contribution in [0.5, 0.6) is 0 Å². The second-order valence-corrected chi connectivity index (χ2v) is 3.77. The van der Waals surface area contributed by atoms with E-state index in [0.717, 1.165) is 6.07 Å². The highest BCUT2D eigenvalue weighted by molar-refractivity contribution is 5.27. The maximum absolute atomic E-state index is 13.3. The van der Waals surface area contributed by atoms with Gasteiger partial charge in [-0.3, -0.25) is 0 Å². The molecule has 0 saturated heterocycles. The van der Waals surface area contributed by atoms with Crippen LogP contribution in [-0.4, -0.2) is 11.3 Å². The molecule has 0 aromatic heterocycles. The van der Waals surface area contributed by atoms with Crippen molar-refractivity contribution in [3.63, 3.8) is 0 Å². The molecule has 1 unspecified atom stereocenters. The van der Waals surface area contributed by atoms with Gasteiger partial charge in [0.2, 0.25) is 0 Å². The Morgan fingerprint density at radius 3 is 2.43 bits per heavy atom. The number of halogens is 2. The zero-order chi connectivity index (χ0) is 10.9. The van der Waals surface area contributed by atoms with Crippen LogP contribution in [0.4, 0.5) is 8.78 Å². The van der Waals surface area contributed by atoms with E-state index < -0.39 is 23.3 Å². The zero-order valence-electron chi connectivity index (χ0n) is 8.09. The van der Waals surface area contributed by atoms with Gasteiger partial charge in [-0.2, -0.15) is 0 Å². The lowest BCUT2D eigenvalue weighted by molar-refractivity contribution is 0.104. The van der Waals surface area contributed by atoms with Crippen molar-refractivity contribution in [2.24, 2.45) is 5.73 Å². The molecule has 0 fully saturated rings. The number of nitrogens with two attached hydrogens (primary N) is 1. The first-order valence-corrected chi connectivity index (χ1v) is 4.25. The van der Waals surface area contributed by atoms with E-state index in [0.29, 0.717) is 0 Å². The Balaban J connectivity index is 3.26. The summed E-state index contributed by atoms with van der Waals surface area (Å²) in [5.41, 5.74) is 4.36. The van der Waals surface area contributed by atoms with Crippen molar-refractivity contribution in [3.05, 3.63) is 35.4 Å². The third-order valence-electron chi connectivity index (χ3n) is 2.39. The Morgan fingerprint density at radius 2 is 1.93 bits per heavy atom. The van der Waals surface area contributed by atoms with E-state index in [1.54, 1.807) is 13.8 Å². The van der Waals surface area contributed by atoms with Crippen LogP contribution in [0.2, 0.25) is 0 Å². The van der Waals surface area contributed by atoms with E-state index in [2.05, 4.69) is 0 Å². The van der Waals surface area contributed by atoms with E-state index in [1.807, 2.05) is 0 Å². The SMILES string of the molecule is CC(C)(c1cccc(F)c1F)C(N)O. The minimum absolute atomic E-state index is 0.0764. The molecule has 0 radical (unpaired) electrons. The Bertz CT molecular complexity index is 337. The molecule has 78 valence electrons. The smallest absolute Gasteiger partial charge is 0.162 e. The van der Waals surface area contributed by atoms with Crippen molar-refractivity contribution in [2.45, 2.75) is 25.5 Å². The van der Waals surface area contributed by atoms with E-state index in [-0.39, 0.29) is 5.56 Å². The molecule has 2 nitrogen and oxygen atoms in total. The molecule has 1 aromatic carbocycles. The molecule has 0 saturated carbocycles. The summed E-state index contributed by atoms with van der Waals surface area (Å²) < 4.78 is 26.2. The minimum Gasteiger partial charge on any atom is -0.378 e. The first-order chi connectivity index (χ1) is 6.37. The normalized spacial score (nSPS) is 14.1. The Hall–Kier alpha value is -1.00. The van der Waals surface area contributed by atoms with Crippen LogP contribution < -0.4 is 5.73 Å². The lowest BCUT2D eigenvalue weighted by atomic mass is 9.82. The summed E-state index contributed by atoms with van der Waals surface area (Å²) in [4.78, 5) is 0. The number of rotatable bonds is 2. The molecular weight excluding hydrogens is 188 g/mol. The highest BCUT2D eigenvalue weighted by atomic mass is 19.2. The van der Waals surface area contributed by atoms with Gasteiger partial charge >= 0.3 is 0 Å². The molecule has 0 heterocycles. The second-order valence-electron chi connectivity index (χ2n) is 3.77. The van der Waals surface area contributed by atoms with Gasteiger partial charge in [0.15, 0.2) is 11.6 Å². The summed E-state index contributed by atoms with van der Waals surface area (Å²) in [6.07, 6.45) is -1.24. The predicted molar refractivity (Wildman–Crippen MR) is 49.6 cm³/mol.